The van der Waals surface area contributed by atoms with Gasteiger partial charge >= 0.3 is 0 Å². The van der Waals surface area contributed by atoms with Gasteiger partial charge in [-0.3, -0.25) is 4.79 Å². The van der Waals surface area contributed by atoms with Crippen molar-refractivity contribution >= 4 is 28.5 Å². The fraction of sp³-hybridized carbons (Fsp3) is 0.429. The van der Waals surface area contributed by atoms with Crippen LogP contribution in [0.15, 0.2) is 12.1 Å². The number of carbonyl (C=O) groups excluding carboxylic acids is 1. The molecule has 7 heteroatoms. The number of nitrogens with one attached hydrogen (secondary N) is 1. The van der Waals surface area contributed by atoms with E-state index in [0.29, 0.717) is 29.2 Å². The predicted octanol–water partition coefficient (Wildman–Crippen LogP) is 2.27. The van der Waals surface area contributed by atoms with Crippen LogP contribution in [0.1, 0.15) is 18.8 Å². The Labute approximate surface area is 127 Å². The third-order valence-corrected chi connectivity index (χ3v) is 3.56. The molecule has 21 heavy (non-hydrogen) atoms. The molecule has 2 aromatic rings. The van der Waals surface area contributed by atoms with Crippen molar-refractivity contribution in [2.24, 2.45) is 0 Å². The number of amides is 1. The van der Waals surface area contributed by atoms with Gasteiger partial charge in [0.1, 0.15) is 11.9 Å². The summed E-state index contributed by atoms with van der Waals surface area (Å²) in [7, 11) is 2.96. The van der Waals surface area contributed by atoms with Gasteiger partial charge in [0, 0.05) is 31.5 Å². The Kier molecular flexibility index (Phi) is 4.67. The summed E-state index contributed by atoms with van der Waals surface area (Å²) in [5.74, 6) is 0.477. The minimum absolute atomic E-state index is 0.116. The summed E-state index contributed by atoms with van der Waals surface area (Å²) in [4.78, 5) is 16.3. The fourth-order valence-electron chi connectivity index (χ4n) is 2.32. The van der Waals surface area contributed by atoms with E-state index in [4.69, 9.17) is 16.3 Å². The number of likely N-dealkylation sites (N-methyl/N-ethyl adjacent to an activating group) is 1. The lowest BCUT2D eigenvalue weighted by Gasteiger charge is -2.16. The number of aromatic nitrogens is 2. The second-order valence-electron chi connectivity index (χ2n) is 4.60. The molecule has 0 radical (unpaired) electrons. The van der Waals surface area contributed by atoms with Crippen LogP contribution in [0.2, 0.25) is 0 Å². The van der Waals surface area contributed by atoms with Crippen molar-refractivity contribution in [3.63, 3.8) is 0 Å². The molecule has 1 amide bonds. The van der Waals surface area contributed by atoms with Crippen LogP contribution in [0.3, 0.4) is 0 Å². The summed E-state index contributed by atoms with van der Waals surface area (Å²) in [6, 6.07) is 2.38. The molecule has 0 saturated carbocycles. The summed E-state index contributed by atoms with van der Waals surface area (Å²) < 4.78 is 20.6. The zero-order valence-corrected chi connectivity index (χ0v) is 12.9. The number of benzene rings is 1. The van der Waals surface area contributed by atoms with Crippen LogP contribution >= 0.6 is 11.6 Å². The number of nitrogens with zero attached hydrogens (tertiary/aromatic N) is 2. The molecule has 0 bridgehead atoms. The van der Waals surface area contributed by atoms with Crippen LogP contribution in [-0.2, 0) is 11.2 Å². The largest absolute Gasteiger partial charge is 0.494 e. The second kappa shape index (κ2) is 6.30. The van der Waals surface area contributed by atoms with Crippen molar-refractivity contribution < 1.29 is 13.9 Å². The van der Waals surface area contributed by atoms with Gasteiger partial charge in [-0.25, -0.2) is 9.37 Å². The smallest absolute Gasteiger partial charge is 0.242 e. The normalized spacial score (nSPS) is 12.4. The maximum Gasteiger partial charge on any atom is 0.242 e. The lowest BCUT2D eigenvalue weighted by Crippen LogP contribution is -2.28. The van der Waals surface area contributed by atoms with Gasteiger partial charge in [-0.2, -0.15) is 0 Å². The number of alkyl halides is 1. The number of imidazole rings is 1. The van der Waals surface area contributed by atoms with Gasteiger partial charge in [0.2, 0.25) is 5.91 Å². The minimum atomic E-state index is -0.486. The molecule has 0 fully saturated rings. The molecule has 2 rings (SSSR count). The highest BCUT2D eigenvalue weighted by Gasteiger charge is 2.22. The Morgan fingerprint density at radius 3 is 2.86 bits per heavy atom. The average Bonchev–Trinajstić information content (AvgIpc) is 2.81. The van der Waals surface area contributed by atoms with E-state index in [1.165, 1.54) is 13.2 Å². The van der Waals surface area contributed by atoms with E-state index < -0.39 is 11.9 Å². The van der Waals surface area contributed by atoms with E-state index >= 15 is 0 Å². The number of rotatable bonds is 5. The highest BCUT2D eigenvalue weighted by atomic mass is 35.5. The number of aryl methyl sites for hydroxylation is 1. The Bertz CT molecular complexity index is 672. The SMILES string of the molecule is CNC(=O)C(C)n1c(CCCl)nc2cc(F)c(OC)cc21. The van der Waals surface area contributed by atoms with Crippen molar-refractivity contribution in [2.75, 3.05) is 20.0 Å². The zero-order valence-electron chi connectivity index (χ0n) is 12.1. The Morgan fingerprint density at radius 2 is 2.29 bits per heavy atom. The highest BCUT2D eigenvalue weighted by molar-refractivity contribution is 6.17. The monoisotopic (exact) mass is 313 g/mol. The summed E-state index contributed by atoms with van der Waals surface area (Å²) in [6.45, 7) is 1.76. The lowest BCUT2D eigenvalue weighted by atomic mass is 10.2. The molecule has 0 spiro atoms. The summed E-state index contributed by atoms with van der Waals surface area (Å²) in [6.07, 6.45) is 0.488. The molecule has 0 aliphatic carbocycles. The van der Waals surface area contributed by atoms with Gasteiger partial charge in [0.25, 0.3) is 0 Å². The lowest BCUT2D eigenvalue weighted by molar-refractivity contribution is -0.123. The zero-order chi connectivity index (χ0) is 15.6. The third-order valence-electron chi connectivity index (χ3n) is 3.37. The van der Waals surface area contributed by atoms with E-state index in [2.05, 4.69) is 10.3 Å². The van der Waals surface area contributed by atoms with E-state index in [1.54, 1.807) is 24.6 Å². The predicted molar refractivity (Wildman–Crippen MR) is 79.4 cm³/mol. The van der Waals surface area contributed by atoms with Crippen molar-refractivity contribution in [1.29, 1.82) is 0 Å². The van der Waals surface area contributed by atoms with Crippen LogP contribution in [0, 0.1) is 5.82 Å². The summed E-state index contributed by atoms with van der Waals surface area (Å²) >= 11 is 5.79. The quantitative estimate of drug-likeness (QED) is 0.862. The second-order valence-corrected chi connectivity index (χ2v) is 4.98. The third kappa shape index (κ3) is 2.81. The first-order chi connectivity index (χ1) is 10.0. The number of methoxy groups -OCH3 is 1. The molecule has 1 aromatic heterocycles. The minimum Gasteiger partial charge on any atom is -0.494 e. The average molecular weight is 314 g/mol. The number of ether oxygens (including phenoxy) is 1. The Hall–Kier alpha value is -1.82. The molecular weight excluding hydrogens is 297 g/mol. The maximum atomic E-state index is 13.8. The fourth-order valence-corrected chi connectivity index (χ4v) is 2.49. The number of halogens is 2. The number of fused-ring (bicyclic) bond motifs is 1. The Morgan fingerprint density at radius 1 is 1.57 bits per heavy atom. The van der Waals surface area contributed by atoms with Gasteiger partial charge in [-0.15, -0.1) is 11.6 Å². The van der Waals surface area contributed by atoms with Crippen molar-refractivity contribution in [2.45, 2.75) is 19.4 Å². The number of hydrogen-bond acceptors (Lipinski definition) is 3. The summed E-state index contributed by atoms with van der Waals surface area (Å²) in [5.41, 5.74) is 1.12. The van der Waals surface area contributed by atoms with Crippen LogP contribution in [0.25, 0.3) is 11.0 Å². The van der Waals surface area contributed by atoms with Gasteiger partial charge in [-0.05, 0) is 6.92 Å². The van der Waals surface area contributed by atoms with Crippen molar-refractivity contribution in [1.82, 2.24) is 14.9 Å². The van der Waals surface area contributed by atoms with Crippen LogP contribution < -0.4 is 10.1 Å². The van der Waals surface area contributed by atoms with Crippen molar-refractivity contribution in [3.05, 3.63) is 23.8 Å². The van der Waals surface area contributed by atoms with E-state index in [9.17, 15) is 9.18 Å². The van der Waals surface area contributed by atoms with Crippen molar-refractivity contribution in [3.8, 4) is 5.75 Å². The number of hydrogen-bond donors (Lipinski definition) is 1. The van der Waals surface area contributed by atoms with Crippen LogP contribution in [0.4, 0.5) is 4.39 Å². The molecule has 0 aliphatic rings. The van der Waals surface area contributed by atoms with Crippen LogP contribution in [-0.4, -0.2) is 35.5 Å². The maximum absolute atomic E-state index is 13.8. The van der Waals surface area contributed by atoms with Gasteiger partial charge in [0.15, 0.2) is 11.6 Å². The molecule has 1 aromatic carbocycles. The van der Waals surface area contributed by atoms with Gasteiger partial charge < -0.3 is 14.6 Å². The molecule has 114 valence electrons. The molecule has 0 saturated heterocycles. The molecule has 1 heterocycles. The van der Waals surface area contributed by atoms with E-state index in [0.717, 1.165) is 0 Å². The summed E-state index contributed by atoms with van der Waals surface area (Å²) in [5, 5.41) is 2.60. The molecule has 5 nitrogen and oxygen atoms in total. The number of carbonyl (C=O) groups is 1. The molecule has 1 N–H and O–H groups in total. The van der Waals surface area contributed by atoms with Crippen LogP contribution in [0.5, 0.6) is 5.75 Å². The molecule has 0 aliphatic heterocycles. The first-order valence-corrected chi connectivity index (χ1v) is 7.08. The molecule has 1 atom stereocenters. The van der Waals surface area contributed by atoms with Gasteiger partial charge in [0.05, 0.1) is 18.1 Å². The van der Waals surface area contributed by atoms with Gasteiger partial charge in [-0.1, -0.05) is 0 Å². The topological polar surface area (TPSA) is 56.2 Å². The van der Waals surface area contributed by atoms with E-state index in [-0.39, 0.29) is 11.7 Å². The van der Waals surface area contributed by atoms with E-state index in [1.807, 2.05) is 0 Å². The molecule has 1 unspecified atom stereocenters. The highest BCUT2D eigenvalue weighted by Crippen LogP contribution is 2.28. The first-order valence-electron chi connectivity index (χ1n) is 6.55. The molecular formula is C14H17ClFN3O2. The first kappa shape index (κ1) is 15.6. The standard InChI is InChI=1S/C14H17ClFN3O2/c1-8(14(20)17-2)19-11-7-12(21-3)9(16)6-10(11)18-13(19)4-5-15/h6-8H,4-5H2,1-3H3,(H,17,20). The Balaban J connectivity index is 2.68.